The molecule has 2 rings (SSSR count). The van der Waals surface area contributed by atoms with Crippen LogP contribution in [-0.4, -0.2) is 20.6 Å². The quantitative estimate of drug-likeness (QED) is 0.825. The Bertz CT molecular complexity index is 788. The number of aromatic amines is 1. The minimum atomic E-state index is -1.06. The predicted octanol–water partition coefficient (Wildman–Crippen LogP) is 2.14. The van der Waals surface area contributed by atoms with Crippen LogP contribution in [0.3, 0.4) is 0 Å². The third kappa shape index (κ3) is 2.74. The molecule has 1 aromatic carbocycles. The lowest BCUT2D eigenvalue weighted by Gasteiger charge is -2.19. The Kier molecular flexibility index (Phi) is 4.26. The lowest BCUT2D eigenvalue weighted by Crippen LogP contribution is -2.38. The summed E-state index contributed by atoms with van der Waals surface area (Å²) in [5, 5.41) is 9.10. The second-order valence-corrected chi connectivity index (χ2v) is 5.02. The summed E-state index contributed by atoms with van der Waals surface area (Å²) in [7, 11) is 0. The molecule has 0 fully saturated rings. The first-order valence-corrected chi connectivity index (χ1v) is 7.01. The third-order valence-corrected chi connectivity index (χ3v) is 3.62. The molecule has 0 saturated carbocycles. The first-order chi connectivity index (χ1) is 9.99. The summed E-state index contributed by atoms with van der Waals surface area (Å²) in [6.07, 6.45) is 2.33. The number of nitrogens with zero attached hydrogens (tertiary/aromatic N) is 1. The molecule has 2 N–H and O–H groups in total. The van der Waals surface area contributed by atoms with Gasteiger partial charge in [-0.1, -0.05) is 20.3 Å². The van der Waals surface area contributed by atoms with Crippen molar-refractivity contribution in [1.82, 2.24) is 9.55 Å². The lowest BCUT2D eigenvalue weighted by molar-refractivity contribution is 0.0697. The molecule has 6 heteroatoms. The molecule has 0 aliphatic carbocycles. The molecular weight excluding hydrogens is 272 g/mol. The predicted molar refractivity (Wildman–Crippen MR) is 80.0 cm³/mol. The highest BCUT2D eigenvalue weighted by Gasteiger charge is 2.16. The average molecular weight is 290 g/mol. The van der Waals surface area contributed by atoms with Gasteiger partial charge in [0, 0.05) is 6.04 Å². The van der Waals surface area contributed by atoms with E-state index in [0.717, 1.165) is 12.8 Å². The minimum Gasteiger partial charge on any atom is -0.478 e. The van der Waals surface area contributed by atoms with Gasteiger partial charge in [-0.3, -0.25) is 14.2 Å². The molecular formula is C15H18N2O4. The Hall–Kier alpha value is -2.37. The molecule has 21 heavy (non-hydrogen) atoms. The van der Waals surface area contributed by atoms with Crippen LogP contribution in [0.5, 0.6) is 0 Å². The van der Waals surface area contributed by atoms with Gasteiger partial charge in [-0.15, -0.1) is 0 Å². The number of rotatable bonds is 5. The molecule has 1 aromatic heterocycles. The Balaban J connectivity index is 2.83. The van der Waals surface area contributed by atoms with Crippen LogP contribution in [0.2, 0.25) is 0 Å². The fourth-order valence-corrected chi connectivity index (χ4v) is 2.58. The maximum absolute atomic E-state index is 12.2. The van der Waals surface area contributed by atoms with Gasteiger partial charge in [0.2, 0.25) is 0 Å². The first-order valence-electron chi connectivity index (χ1n) is 7.01. The number of carboxylic acids is 1. The monoisotopic (exact) mass is 290 g/mol. The van der Waals surface area contributed by atoms with Crippen molar-refractivity contribution < 1.29 is 9.90 Å². The number of aromatic carboxylic acids is 1. The second-order valence-electron chi connectivity index (χ2n) is 5.02. The van der Waals surface area contributed by atoms with Crippen molar-refractivity contribution in [1.29, 1.82) is 0 Å². The van der Waals surface area contributed by atoms with E-state index in [-0.39, 0.29) is 11.6 Å². The van der Waals surface area contributed by atoms with Crippen LogP contribution in [0, 0.1) is 0 Å². The molecule has 0 saturated heterocycles. The number of H-pyrrole nitrogens is 1. The maximum Gasteiger partial charge on any atom is 0.335 e. The molecule has 1 heterocycles. The van der Waals surface area contributed by atoms with Gasteiger partial charge in [0.1, 0.15) is 0 Å². The summed E-state index contributed by atoms with van der Waals surface area (Å²) in [6, 6.07) is 4.26. The number of fused-ring (bicyclic) bond motifs is 1. The average Bonchev–Trinajstić information content (AvgIpc) is 2.46. The van der Waals surface area contributed by atoms with Gasteiger partial charge in [0.25, 0.3) is 0 Å². The molecule has 0 aliphatic heterocycles. The van der Waals surface area contributed by atoms with Crippen molar-refractivity contribution in [3.05, 3.63) is 44.5 Å². The zero-order valence-electron chi connectivity index (χ0n) is 12.0. The van der Waals surface area contributed by atoms with Crippen molar-refractivity contribution in [2.45, 2.75) is 39.2 Å². The number of aromatic nitrogens is 2. The lowest BCUT2D eigenvalue weighted by atomic mass is 10.1. The highest BCUT2D eigenvalue weighted by Crippen LogP contribution is 2.21. The van der Waals surface area contributed by atoms with Gasteiger partial charge >= 0.3 is 17.1 Å². The summed E-state index contributed by atoms with van der Waals surface area (Å²) in [5.74, 6) is -1.06. The first kappa shape index (κ1) is 15.0. The van der Waals surface area contributed by atoms with Crippen LogP contribution in [0.25, 0.3) is 11.0 Å². The number of hydrogen-bond donors (Lipinski definition) is 2. The van der Waals surface area contributed by atoms with E-state index >= 15 is 0 Å². The van der Waals surface area contributed by atoms with Crippen LogP contribution in [0.15, 0.2) is 27.8 Å². The third-order valence-electron chi connectivity index (χ3n) is 3.62. The van der Waals surface area contributed by atoms with E-state index in [2.05, 4.69) is 4.98 Å². The van der Waals surface area contributed by atoms with Gasteiger partial charge in [-0.05, 0) is 31.0 Å². The molecule has 0 bridgehead atoms. The van der Waals surface area contributed by atoms with Crippen LogP contribution < -0.4 is 11.1 Å². The molecule has 112 valence electrons. The van der Waals surface area contributed by atoms with E-state index < -0.39 is 17.1 Å². The van der Waals surface area contributed by atoms with Crippen molar-refractivity contribution in [3.8, 4) is 0 Å². The standard InChI is InChI=1S/C15H18N2O4/c1-3-5-10(4-2)17-12-8-9(15(20)21)6-7-11(12)16-13(18)14(17)19/h6-8,10H,3-5H2,1-2H3,(H,16,18)(H,20,21). The molecule has 0 amide bonds. The second kappa shape index (κ2) is 5.95. The summed E-state index contributed by atoms with van der Waals surface area (Å²) in [4.78, 5) is 37.6. The Morgan fingerprint density at radius 1 is 1.33 bits per heavy atom. The van der Waals surface area contributed by atoms with E-state index in [4.69, 9.17) is 5.11 Å². The number of hydrogen-bond acceptors (Lipinski definition) is 3. The van der Waals surface area contributed by atoms with Crippen molar-refractivity contribution in [2.75, 3.05) is 0 Å². The van der Waals surface area contributed by atoms with Crippen molar-refractivity contribution in [3.63, 3.8) is 0 Å². The van der Waals surface area contributed by atoms with E-state index in [0.29, 0.717) is 17.5 Å². The normalized spacial score (nSPS) is 12.5. The topological polar surface area (TPSA) is 92.2 Å². The van der Waals surface area contributed by atoms with E-state index in [1.54, 1.807) is 0 Å². The minimum absolute atomic E-state index is 0.0917. The van der Waals surface area contributed by atoms with Crippen molar-refractivity contribution >= 4 is 17.0 Å². The number of benzene rings is 1. The van der Waals surface area contributed by atoms with Gasteiger partial charge in [-0.2, -0.15) is 0 Å². The fraction of sp³-hybridized carbons (Fsp3) is 0.400. The van der Waals surface area contributed by atoms with Crippen LogP contribution >= 0.6 is 0 Å². The molecule has 0 aliphatic rings. The molecule has 0 radical (unpaired) electrons. The fourth-order valence-electron chi connectivity index (χ4n) is 2.58. The van der Waals surface area contributed by atoms with Gasteiger partial charge < -0.3 is 10.1 Å². The molecule has 2 aromatic rings. The highest BCUT2D eigenvalue weighted by atomic mass is 16.4. The number of carboxylic acid groups (broad SMARTS) is 1. The molecule has 1 unspecified atom stereocenters. The van der Waals surface area contributed by atoms with E-state index in [1.165, 1.54) is 22.8 Å². The molecule has 1 atom stereocenters. The zero-order valence-corrected chi connectivity index (χ0v) is 12.0. The highest BCUT2D eigenvalue weighted by molar-refractivity contribution is 5.92. The van der Waals surface area contributed by atoms with Crippen LogP contribution in [0.4, 0.5) is 0 Å². The smallest absolute Gasteiger partial charge is 0.335 e. The summed E-state index contributed by atoms with van der Waals surface area (Å²) in [5.41, 5.74) is -0.293. The maximum atomic E-state index is 12.2. The SMILES string of the molecule is CCCC(CC)n1c(=O)c(=O)[nH]c2ccc(C(=O)O)cc21. The van der Waals surface area contributed by atoms with E-state index in [9.17, 15) is 14.4 Å². The van der Waals surface area contributed by atoms with Gasteiger partial charge in [0.15, 0.2) is 0 Å². The summed E-state index contributed by atoms with van der Waals surface area (Å²) in [6.45, 7) is 3.95. The largest absolute Gasteiger partial charge is 0.478 e. The molecule has 6 nitrogen and oxygen atoms in total. The number of nitrogens with one attached hydrogen (secondary N) is 1. The van der Waals surface area contributed by atoms with E-state index in [1.807, 2.05) is 13.8 Å². The summed E-state index contributed by atoms with van der Waals surface area (Å²) >= 11 is 0. The van der Waals surface area contributed by atoms with Crippen molar-refractivity contribution in [2.24, 2.45) is 0 Å². The van der Waals surface area contributed by atoms with Crippen LogP contribution in [-0.2, 0) is 0 Å². The summed E-state index contributed by atoms with van der Waals surface area (Å²) < 4.78 is 1.43. The Morgan fingerprint density at radius 3 is 2.62 bits per heavy atom. The van der Waals surface area contributed by atoms with Crippen LogP contribution in [0.1, 0.15) is 49.5 Å². The Morgan fingerprint density at radius 2 is 2.05 bits per heavy atom. The van der Waals surface area contributed by atoms with Gasteiger partial charge in [-0.25, -0.2) is 4.79 Å². The Labute approximate surface area is 121 Å². The van der Waals surface area contributed by atoms with Gasteiger partial charge in [0.05, 0.1) is 16.6 Å². The zero-order chi connectivity index (χ0) is 15.6. The molecule has 0 spiro atoms. The number of carbonyl (C=O) groups is 1.